The molecule has 8 nitrogen and oxygen atoms in total. The van der Waals surface area contributed by atoms with Crippen LogP contribution in [0.4, 0.5) is 30.7 Å². The maximum Gasteiger partial charge on any atom is 0.598 e. The standard InChI is InChI=1S/C62H44BF7N2O6/c64-60(65)40-73-63(74-41-61(66,67)62(68,69)70)72-58(45-27-35-53(36-28-45)78-49-19-11-4-12-20-49)38-55(43-23-31-51(32-24-43)76-47-15-7-2-8-16-47)59(72)39-57-54(42-21-29-50(30-22-42)75-46-13-5-1-6-14-46)37-56(71-57)44-25-33-52(34-26-44)77-48-17-9-3-10-18-48/h1-39,60H,40-41H2/b57-39-. The van der Waals surface area contributed by atoms with Crippen molar-refractivity contribution >= 4 is 24.6 Å². The smallest absolute Gasteiger partial charge is 0.457 e. The van der Waals surface area contributed by atoms with Crippen molar-refractivity contribution in [2.75, 3.05) is 13.2 Å². The molecule has 16 heteroatoms. The molecular formula is C62H44BF7N2O6. The average Bonchev–Trinajstić information content (AvgIpc) is 4.09. The number of hydrogen-bond acceptors (Lipinski definition) is 7. The Hall–Kier alpha value is -9.12. The van der Waals surface area contributed by atoms with Crippen LogP contribution in [0.3, 0.4) is 0 Å². The van der Waals surface area contributed by atoms with Gasteiger partial charge in [0.05, 0.1) is 18.0 Å². The van der Waals surface area contributed by atoms with E-state index in [0.717, 1.165) is 0 Å². The molecule has 0 bridgehead atoms. The predicted molar refractivity (Wildman–Crippen MR) is 287 cm³/mol. The molecule has 1 aromatic heterocycles. The van der Waals surface area contributed by atoms with Gasteiger partial charge in [0.15, 0.2) is 0 Å². The molecule has 0 atom stereocenters. The Bertz CT molecular complexity index is 3530. The zero-order valence-electron chi connectivity index (χ0n) is 41.1. The Morgan fingerprint density at radius 3 is 1.26 bits per heavy atom. The highest BCUT2D eigenvalue weighted by molar-refractivity contribution is 6.44. The fourth-order valence-corrected chi connectivity index (χ4v) is 8.32. The van der Waals surface area contributed by atoms with Gasteiger partial charge >= 0.3 is 19.4 Å². The van der Waals surface area contributed by atoms with Crippen molar-refractivity contribution in [3.8, 4) is 68.4 Å². The van der Waals surface area contributed by atoms with E-state index in [1.165, 1.54) is 4.48 Å². The molecular weight excluding hydrogens is 1010 g/mol. The van der Waals surface area contributed by atoms with Crippen molar-refractivity contribution in [3.63, 3.8) is 0 Å². The van der Waals surface area contributed by atoms with Crippen molar-refractivity contribution in [3.05, 3.63) is 253 Å². The summed E-state index contributed by atoms with van der Waals surface area (Å²) >= 11 is 0. The second-order valence-electron chi connectivity index (χ2n) is 17.6. The minimum Gasteiger partial charge on any atom is -0.457 e. The van der Waals surface area contributed by atoms with Crippen molar-refractivity contribution < 1.29 is 59.0 Å². The largest absolute Gasteiger partial charge is 0.598 e. The van der Waals surface area contributed by atoms with Gasteiger partial charge in [0, 0.05) is 28.1 Å². The van der Waals surface area contributed by atoms with Crippen LogP contribution in [0.25, 0.3) is 34.0 Å². The third kappa shape index (κ3) is 12.8. The third-order valence-corrected chi connectivity index (χ3v) is 12.1. The number of aromatic nitrogens is 1. The van der Waals surface area contributed by atoms with Crippen LogP contribution < -0.4 is 18.9 Å². The van der Waals surface area contributed by atoms with E-state index in [9.17, 15) is 30.7 Å². The van der Waals surface area contributed by atoms with Crippen LogP contribution in [0.15, 0.2) is 241 Å². The van der Waals surface area contributed by atoms with Gasteiger partial charge in [-0.05, 0) is 156 Å². The van der Waals surface area contributed by atoms with Gasteiger partial charge in [-0.2, -0.15) is 22.0 Å². The minimum atomic E-state index is -6.06. The lowest BCUT2D eigenvalue weighted by molar-refractivity contribution is -0.291. The Morgan fingerprint density at radius 2 is 0.846 bits per heavy atom. The molecule has 0 unspecified atom stereocenters. The highest BCUT2D eigenvalue weighted by atomic mass is 19.4. The number of rotatable bonds is 20. The summed E-state index contributed by atoms with van der Waals surface area (Å²) in [6, 6.07) is 65.7. The summed E-state index contributed by atoms with van der Waals surface area (Å²) in [5.74, 6) is -1.17. The fourth-order valence-electron chi connectivity index (χ4n) is 8.32. The highest BCUT2D eigenvalue weighted by Gasteiger charge is 2.58. The first-order chi connectivity index (χ1) is 37.8. The van der Waals surface area contributed by atoms with Crippen LogP contribution in [-0.2, 0) is 9.31 Å². The molecule has 78 heavy (non-hydrogen) atoms. The predicted octanol–water partition coefficient (Wildman–Crippen LogP) is 17.2. The van der Waals surface area contributed by atoms with Crippen LogP contribution in [0.1, 0.15) is 16.8 Å². The van der Waals surface area contributed by atoms with Gasteiger partial charge in [0.2, 0.25) is 0 Å². The van der Waals surface area contributed by atoms with Crippen LogP contribution in [0.2, 0.25) is 0 Å². The number of allylic oxidation sites excluding steroid dienone is 2. The van der Waals surface area contributed by atoms with Crippen molar-refractivity contribution in [1.29, 1.82) is 0 Å². The maximum absolute atomic E-state index is 14.9. The van der Waals surface area contributed by atoms with Gasteiger partial charge in [0.25, 0.3) is 6.43 Å². The van der Waals surface area contributed by atoms with Gasteiger partial charge in [-0.15, -0.1) is 0 Å². The number of ether oxygens (including phenoxy) is 4. The first-order valence-electron chi connectivity index (χ1n) is 24.4. The molecule has 0 aliphatic carbocycles. The molecule has 1 aliphatic rings. The lowest BCUT2D eigenvalue weighted by atomic mass is 9.98. The highest BCUT2D eigenvalue weighted by Crippen LogP contribution is 2.42. The number of alkyl halides is 7. The van der Waals surface area contributed by atoms with E-state index in [1.54, 1.807) is 121 Å². The molecule has 0 N–H and O–H groups in total. The van der Waals surface area contributed by atoms with Crippen molar-refractivity contribution in [2.24, 2.45) is 4.99 Å². The number of aliphatic imine (C=N–C) groups is 1. The molecule has 0 saturated carbocycles. The summed E-state index contributed by atoms with van der Waals surface area (Å²) < 4.78 is 136. The first-order valence-corrected chi connectivity index (χ1v) is 24.4. The third-order valence-electron chi connectivity index (χ3n) is 12.1. The van der Waals surface area contributed by atoms with Gasteiger partial charge in [-0.3, -0.25) is 0 Å². The Kier molecular flexibility index (Phi) is 15.7. The van der Waals surface area contributed by atoms with E-state index in [-0.39, 0.29) is 17.1 Å². The second-order valence-corrected chi connectivity index (χ2v) is 17.6. The summed E-state index contributed by atoms with van der Waals surface area (Å²) in [5, 5.41) is 0. The van der Waals surface area contributed by atoms with Crippen LogP contribution in [0, 0.1) is 0 Å². The molecule has 0 radical (unpaired) electrons. The molecule has 0 saturated heterocycles. The maximum atomic E-state index is 14.9. The van der Waals surface area contributed by atoms with Gasteiger partial charge in [-0.25, -0.2) is 13.8 Å². The Morgan fingerprint density at radius 1 is 0.462 bits per heavy atom. The van der Waals surface area contributed by atoms with E-state index in [0.29, 0.717) is 85.1 Å². The molecule has 8 aromatic carbocycles. The molecule has 2 heterocycles. The van der Waals surface area contributed by atoms with Crippen molar-refractivity contribution in [2.45, 2.75) is 18.5 Å². The molecule has 0 spiro atoms. The minimum absolute atomic E-state index is 0.0717. The number of halogens is 7. The van der Waals surface area contributed by atoms with Crippen LogP contribution >= 0.6 is 0 Å². The van der Waals surface area contributed by atoms with E-state index in [2.05, 4.69) is 0 Å². The summed E-state index contributed by atoms with van der Waals surface area (Å²) in [4.78, 5) is 5.13. The van der Waals surface area contributed by atoms with E-state index >= 15 is 0 Å². The molecule has 390 valence electrons. The van der Waals surface area contributed by atoms with E-state index in [4.69, 9.17) is 33.2 Å². The van der Waals surface area contributed by atoms with E-state index in [1.807, 2.05) is 115 Å². The zero-order valence-corrected chi connectivity index (χ0v) is 41.1. The van der Waals surface area contributed by atoms with Gasteiger partial charge in [-0.1, -0.05) is 97.1 Å². The normalized spacial score (nSPS) is 13.1. The Balaban J connectivity index is 1.16. The topological polar surface area (TPSA) is 72.7 Å². The molecule has 0 fully saturated rings. The van der Waals surface area contributed by atoms with E-state index < -0.39 is 39.0 Å². The van der Waals surface area contributed by atoms with Crippen molar-refractivity contribution in [1.82, 2.24) is 4.48 Å². The fraction of sp³-hybridized carbons (Fsp3) is 0.0806. The molecule has 9 aromatic rings. The number of nitrogens with zero attached hydrogens (tertiary/aromatic N) is 2. The molecule has 0 amide bonds. The SMILES string of the molecule is FC(F)COB(OCC(F)(F)C(F)(F)F)n1c(-c2ccc(Oc3ccccc3)cc2)cc(-c2ccc(Oc3ccccc3)cc2)c1/C=C1\N=C(c2ccc(Oc3ccccc3)cc2)C=C1c1ccc(Oc2ccccc2)cc1. The van der Waals surface area contributed by atoms with Gasteiger partial charge < -0.3 is 32.7 Å². The number of benzene rings is 8. The lowest BCUT2D eigenvalue weighted by Gasteiger charge is -2.24. The zero-order chi connectivity index (χ0) is 54.1. The average molecular weight is 1060 g/mol. The summed E-state index contributed by atoms with van der Waals surface area (Å²) in [5.41, 5.74) is 3.99. The molecule has 10 rings (SSSR count). The lowest BCUT2D eigenvalue weighted by Crippen LogP contribution is -2.45. The monoisotopic (exact) mass is 1060 g/mol. The van der Waals surface area contributed by atoms with Crippen LogP contribution in [0.5, 0.6) is 46.0 Å². The second kappa shape index (κ2) is 23.4. The summed E-state index contributed by atoms with van der Waals surface area (Å²) in [6.07, 6.45) is -5.83. The number of hydrogen-bond donors (Lipinski definition) is 0. The summed E-state index contributed by atoms with van der Waals surface area (Å²) in [6.45, 7) is -3.69. The Labute approximate surface area is 444 Å². The quantitative estimate of drug-likeness (QED) is 0.0559. The molecule has 1 aliphatic heterocycles. The van der Waals surface area contributed by atoms with Crippen LogP contribution in [-0.4, -0.2) is 49.2 Å². The first kappa shape index (κ1) is 52.3. The van der Waals surface area contributed by atoms with Gasteiger partial charge in [0.1, 0.15) is 52.6 Å². The number of para-hydroxylation sites is 4. The summed E-state index contributed by atoms with van der Waals surface area (Å²) in [7, 11) is -2.31.